The topological polar surface area (TPSA) is 75.7 Å². The fraction of sp³-hybridized carbons (Fsp3) is 0.667. The SMILES string of the molecule is O=C1NC(=O)N(CCC2CCCO2)C1=O. The van der Waals surface area contributed by atoms with Crippen LogP contribution < -0.4 is 5.32 Å². The molecule has 2 aliphatic heterocycles. The summed E-state index contributed by atoms with van der Waals surface area (Å²) in [6.45, 7) is 0.991. The molecule has 6 nitrogen and oxygen atoms in total. The van der Waals surface area contributed by atoms with Gasteiger partial charge in [0.15, 0.2) is 0 Å². The second-order valence-electron chi connectivity index (χ2n) is 3.64. The highest BCUT2D eigenvalue weighted by Crippen LogP contribution is 2.16. The maximum atomic E-state index is 11.2. The third-order valence-corrected chi connectivity index (χ3v) is 2.60. The number of nitrogens with one attached hydrogen (secondary N) is 1. The molecule has 82 valence electrons. The van der Waals surface area contributed by atoms with Gasteiger partial charge in [0.05, 0.1) is 6.10 Å². The number of imide groups is 2. The molecule has 0 aliphatic carbocycles. The molecule has 15 heavy (non-hydrogen) atoms. The van der Waals surface area contributed by atoms with Crippen molar-refractivity contribution in [3.63, 3.8) is 0 Å². The molecule has 1 N–H and O–H groups in total. The normalized spacial score (nSPS) is 26.3. The molecule has 0 radical (unpaired) electrons. The highest BCUT2D eigenvalue weighted by molar-refractivity contribution is 6.44. The Labute approximate surface area is 86.6 Å². The number of carbonyl (C=O) groups excluding carboxylic acids is 3. The largest absolute Gasteiger partial charge is 0.378 e. The first-order valence-corrected chi connectivity index (χ1v) is 4.97. The molecule has 2 rings (SSSR count). The number of amides is 4. The van der Waals surface area contributed by atoms with Crippen LogP contribution in [-0.4, -0.2) is 42.0 Å². The lowest BCUT2D eigenvalue weighted by Crippen LogP contribution is -2.33. The van der Waals surface area contributed by atoms with Crippen molar-refractivity contribution in [1.82, 2.24) is 10.2 Å². The number of urea groups is 1. The highest BCUT2D eigenvalue weighted by Gasteiger charge is 2.36. The van der Waals surface area contributed by atoms with Gasteiger partial charge in [0.25, 0.3) is 0 Å². The molecule has 2 saturated heterocycles. The average Bonchev–Trinajstić information content (AvgIpc) is 2.76. The van der Waals surface area contributed by atoms with Crippen LogP contribution in [0.15, 0.2) is 0 Å². The summed E-state index contributed by atoms with van der Waals surface area (Å²) in [6.07, 6.45) is 2.69. The number of carbonyl (C=O) groups is 3. The van der Waals surface area contributed by atoms with Gasteiger partial charge >= 0.3 is 17.8 Å². The van der Waals surface area contributed by atoms with Gasteiger partial charge in [0, 0.05) is 13.2 Å². The summed E-state index contributed by atoms with van der Waals surface area (Å²) >= 11 is 0. The molecular weight excluding hydrogens is 200 g/mol. The van der Waals surface area contributed by atoms with E-state index in [0.29, 0.717) is 6.42 Å². The zero-order chi connectivity index (χ0) is 10.8. The van der Waals surface area contributed by atoms with E-state index in [1.54, 1.807) is 0 Å². The smallest absolute Gasteiger partial charge is 0.331 e. The third-order valence-electron chi connectivity index (χ3n) is 2.60. The van der Waals surface area contributed by atoms with Crippen LogP contribution in [0, 0.1) is 0 Å². The summed E-state index contributed by atoms with van der Waals surface area (Å²) in [5.74, 6) is -1.61. The van der Waals surface area contributed by atoms with Crippen LogP contribution in [0.3, 0.4) is 0 Å². The second-order valence-corrected chi connectivity index (χ2v) is 3.64. The number of ether oxygens (including phenoxy) is 1. The fourth-order valence-electron chi connectivity index (χ4n) is 1.78. The number of hydrogen-bond donors (Lipinski definition) is 1. The van der Waals surface area contributed by atoms with E-state index in [0.717, 1.165) is 24.3 Å². The van der Waals surface area contributed by atoms with Gasteiger partial charge in [-0.15, -0.1) is 0 Å². The maximum absolute atomic E-state index is 11.2. The Morgan fingerprint density at radius 2 is 2.20 bits per heavy atom. The quantitative estimate of drug-likeness (QED) is 0.511. The molecular formula is C9H12N2O4. The van der Waals surface area contributed by atoms with Gasteiger partial charge in [-0.25, -0.2) is 4.79 Å². The summed E-state index contributed by atoms with van der Waals surface area (Å²) in [6, 6.07) is -0.622. The van der Waals surface area contributed by atoms with E-state index >= 15 is 0 Å². The number of nitrogens with zero attached hydrogens (tertiary/aromatic N) is 1. The Balaban J connectivity index is 1.85. The van der Waals surface area contributed by atoms with E-state index in [1.807, 2.05) is 5.32 Å². The molecule has 2 aliphatic rings. The maximum Gasteiger partial charge on any atom is 0.331 e. The predicted molar refractivity (Wildman–Crippen MR) is 48.8 cm³/mol. The predicted octanol–water partition coefficient (Wildman–Crippen LogP) is -0.366. The van der Waals surface area contributed by atoms with Gasteiger partial charge in [-0.3, -0.25) is 19.8 Å². The van der Waals surface area contributed by atoms with E-state index in [4.69, 9.17) is 4.74 Å². The first-order valence-electron chi connectivity index (χ1n) is 4.97. The fourth-order valence-corrected chi connectivity index (χ4v) is 1.78. The van der Waals surface area contributed by atoms with Gasteiger partial charge in [0.1, 0.15) is 0 Å². The van der Waals surface area contributed by atoms with Crippen molar-refractivity contribution in [2.45, 2.75) is 25.4 Å². The summed E-state index contributed by atoms with van der Waals surface area (Å²) in [7, 11) is 0. The molecule has 0 aromatic rings. The standard InChI is InChI=1S/C9H12N2O4/c12-7-8(13)11(9(14)10-7)4-3-6-2-1-5-15-6/h6H,1-5H2,(H,10,12,14). The molecule has 0 saturated carbocycles. The minimum atomic E-state index is -0.840. The van der Waals surface area contributed by atoms with Crippen LogP contribution >= 0.6 is 0 Å². The van der Waals surface area contributed by atoms with Crippen LogP contribution in [-0.2, 0) is 14.3 Å². The Bertz CT molecular complexity index is 309. The van der Waals surface area contributed by atoms with Crippen molar-refractivity contribution in [3.8, 4) is 0 Å². The van der Waals surface area contributed by atoms with Gasteiger partial charge < -0.3 is 4.74 Å². The molecule has 4 amide bonds. The Morgan fingerprint density at radius 3 is 2.73 bits per heavy atom. The lowest BCUT2D eigenvalue weighted by Gasteiger charge is -2.14. The van der Waals surface area contributed by atoms with Crippen LogP contribution in [0.25, 0.3) is 0 Å². The lowest BCUT2D eigenvalue weighted by atomic mass is 10.2. The molecule has 0 spiro atoms. The minimum Gasteiger partial charge on any atom is -0.378 e. The van der Waals surface area contributed by atoms with Crippen LogP contribution in [0.4, 0.5) is 4.79 Å². The number of hydrogen-bond acceptors (Lipinski definition) is 4. The van der Waals surface area contributed by atoms with E-state index < -0.39 is 17.8 Å². The first kappa shape index (κ1) is 10.1. The van der Waals surface area contributed by atoms with E-state index in [-0.39, 0.29) is 12.6 Å². The van der Waals surface area contributed by atoms with E-state index in [9.17, 15) is 14.4 Å². The lowest BCUT2D eigenvalue weighted by molar-refractivity contribution is -0.140. The first-order chi connectivity index (χ1) is 7.18. The van der Waals surface area contributed by atoms with Crippen molar-refractivity contribution >= 4 is 17.8 Å². The summed E-state index contributed by atoms with van der Waals surface area (Å²) in [5, 5.41) is 1.95. The van der Waals surface area contributed by atoms with Crippen LogP contribution in [0.1, 0.15) is 19.3 Å². The minimum absolute atomic E-state index is 0.112. The molecule has 2 heterocycles. The second kappa shape index (κ2) is 3.98. The molecule has 1 atom stereocenters. The average molecular weight is 212 g/mol. The van der Waals surface area contributed by atoms with Gasteiger partial charge in [-0.2, -0.15) is 0 Å². The summed E-state index contributed by atoms with van der Waals surface area (Å²) < 4.78 is 5.36. The molecule has 0 bridgehead atoms. The molecule has 6 heteroatoms. The Morgan fingerprint density at radius 1 is 1.40 bits per heavy atom. The van der Waals surface area contributed by atoms with Gasteiger partial charge in [-0.1, -0.05) is 0 Å². The third kappa shape index (κ3) is 1.99. The summed E-state index contributed by atoms with van der Waals surface area (Å²) in [4.78, 5) is 34.1. The van der Waals surface area contributed by atoms with E-state index in [2.05, 4.69) is 0 Å². The molecule has 1 unspecified atom stereocenters. The van der Waals surface area contributed by atoms with Gasteiger partial charge in [0.2, 0.25) is 0 Å². The van der Waals surface area contributed by atoms with Crippen molar-refractivity contribution in [2.24, 2.45) is 0 Å². The van der Waals surface area contributed by atoms with Gasteiger partial charge in [-0.05, 0) is 19.3 Å². The Hall–Kier alpha value is -1.43. The zero-order valence-corrected chi connectivity index (χ0v) is 8.19. The van der Waals surface area contributed by atoms with Crippen molar-refractivity contribution in [2.75, 3.05) is 13.2 Å². The van der Waals surface area contributed by atoms with Crippen molar-refractivity contribution in [1.29, 1.82) is 0 Å². The molecule has 2 fully saturated rings. The zero-order valence-electron chi connectivity index (χ0n) is 8.19. The Kier molecular flexibility index (Phi) is 2.68. The summed E-state index contributed by atoms with van der Waals surface area (Å²) in [5.41, 5.74) is 0. The molecule has 0 aromatic heterocycles. The van der Waals surface area contributed by atoms with Crippen LogP contribution in [0.2, 0.25) is 0 Å². The monoisotopic (exact) mass is 212 g/mol. The van der Waals surface area contributed by atoms with Crippen molar-refractivity contribution < 1.29 is 19.1 Å². The van der Waals surface area contributed by atoms with E-state index in [1.165, 1.54) is 0 Å². The van der Waals surface area contributed by atoms with Crippen LogP contribution in [0.5, 0.6) is 0 Å². The molecule has 0 aromatic carbocycles. The number of rotatable bonds is 3. The highest BCUT2D eigenvalue weighted by atomic mass is 16.5. The van der Waals surface area contributed by atoms with Crippen molar-refractivity contribution in [3.05, 3.63) is 0 Å².